The van der Waals surface area contributed by atoms with Gasteiger partial charge in [0.2, 0.25) is 5.82 Å². The van der Waals surface area contributed by atoms with Crippen molar-refractivity contribution in [1.29, 1.82) is 0 Å². The molecular weight excluding hydrogens is 450 g/mol. The van der Waals surface area contributed by atoms with Crippen LogP contribution in [0.4, 0.5) is 14.6 Å². The standard InChI is InChI=1S/C26H26F2N6O/c1-15-23(17-5-6-20(35-2)22(28)21(17)27)34-19(7-11-31-34)25(32-15)33-12-8-26(9-13-33)14-18-16(24(26)29)4-3-10-30-18/h3-7,10-11,24H,8-9,12-14,29H2,1-2H3/t24-/m1/s1. The maximum absolute atomic E-state index is 15.0. The second kappa shape index (κ2) is 7.98. The highest BCUT2D eigenvalue weighted by Crippen LogP contribution is 2.50. The number of methoxy groups -OCH3 is 1. The van der Waals surface area contributed by atoms with Gasteiger partial charge in [0.05, 0.1) is 24.7 Å². The Bertz CT molecular complexity index is 1440. The van der Waals surface area contributed by atoms with Gasteiger partial charge in [-0.1, -0.05) is 6.07 Å². The number of hydrogen-bond acceptors (Lipinski definition) is 6. The van der Waals surface area contributed by atoms with E-state index in [4.69, 9.17) is 15.5 Å². The lowest BCUT2D eigenvalue weighted by Crippen LogP contribution is -2.44. The van der Waals surface area contributed by atoms with Crippen molar-refractivity contribution in [1.82, 2.24) is 19.6 Å². The number of nitrogens with two attached hydrogens (primary N) is 1. The van der Waals surface area contributed by atoms with Crippen LogP contribution in [0.15, 0.2) is 42.7 Å². The monoisotopic (exact) mass is 476 g/mol. The maximum atomic E-state index is 15.0. The number of fused-ring (bicyclic) bond motifs is 2. The number of benzene rings is 1. The van der Waals surface area contributed by atoms with E-state index in [1.807, 2.05) is 18.3 Å². The summed E-state index contributed by atoms with van der Waals surface area (Å²) in [7, 11) is 1.31. The summed E-state index contributed by atoms with van der Waals surface area (Å²) in [4.78, 5) is 11.7. The van der Waals surface area contributed by atoms with E-state index in [1.165, 1.54) is 19.2 Å². The van der Waals surface area contributed by atoms with Crippen molar-refractivity contribution >= 4 is 11.3 Å². The van der Waals surface area contributed by atoms with E-state index in [9.17, 15) is 8.78 Å². The zero-order valence-corrected chi connectivity index (χ0v) is 19.6. The molecule has 1 atom stereocenters. The minimum Gasteiger partial charge on any atom is -0.494 e. The highest BCUT2D eigenvalue weighted by atomic mass is 19.2. The van der Waals surface area contributed by atoms with Gasteiger partial charge in [-0.15, -0.1) is 0 Å². The zero-order chi connectivity index (χ0) is 24.3. The molecule has 4 aromatic rings. The van der Waals surface area contributed by atoms with Crippen LogP contribution in [0.25, 0.3) is 16.8 Å². The summed E-state index contributed by atoms with van der Waals surface area (Å²) in [6.45, 7) is 3.38. The van der Waals surface area contributed by atoms with Crippen LogP contribution < -0.4 is 15.4 Å². The Morgan fingerprint density at radius 1 is 1.09 bits per heavy atom. The minimum atomic E-state index is -1.03. The third-order valence-corrected chi connectivity index (χ3v) is 7.72. The number of ether oxygens (including phenoxy) is 1. The fourth-order valence-electron chi connectivity index (χ4n) is 5.79. The summed E-state index contributed by atoms with van der Waals surface area (Å²) in [6.07, 6.45) is 6.23. The van der Waals surface area contributed by atoms with Crippen molar-refractivity contribution in [2.24, 2.45) is 11.1 Å². The van der Waals surface area contributed by atoms with Gasteiger partial charge < -0.3 is 15.4 Å². The molecule has 2 N–H and O–H groups in total. The van der Waals surface area contributed by atoms with Gasteiger partial charge in [-0.05, 0) is 61.4 Å². The van der Waals surface area contributed by atoms with Crippen molar-refractivity contribution in [2.45, 2.75) is 32.2 Å². The largest absolute Gasteiger partial charge is 0.494 e. The van der Waals surface area contributed by atoms with Crippen LogP contribution in [0.5, 0.6) is 5.75 Å². The van der Waals surface area contributed by atoms with Gasteiger partial charge in [0.25, 0.3) is 0 Å². The van der Waals surface area contributed by atoms with E-state index >= 15 is 0 Å². The first-order chi connectivity index (χ1) is 16.9. The molecule has 1 aliphatic carbocycles. The van der Waals surface area contributed by atoms with Crippen molar-refractivity contribution in [3.8, 4) is 17.0 Å². The predicted octanol–water partition coefficient (Wildman–Crippen LogP) is 4.23. The molecule has 4 heterocycles. The summed E-state index contributed by atoms with van der Waals surface area (Å²) < 4.78 is 36.0. The van der Waals surface area contributed by atoms with Gasteiger partial charge in [0, 0.05) is 36.6 Å². The number of rotatable bonds is 3. The SMILES string of the molecule is COc1ccc(-c2c(C)nc(N3CCC4(CC3)Cc3ncccc3[C@H]4N)c3ccnn23)c(F)c1F. The summed E-state index contributed by atoms with van der Waals surface area (Å²) in [6, 6.07) is 8.80. The van der Waals surface area contributed by atoms with Crippen molar-refractivity contribution in [3.63, 3.8) is 0 Å². The Morgan fingerprint density at radius 2 is 1.89 bits per heavy atom. The molecule has 1 aliphatic heterocycles. The summed E-state index contributed by atoms with van der Waals surface area (Å²) >= 11 is 0. The lowest BCUT2D eigenvalue weighted by molar-refractivity contribution is 0.187. The fourth-order valence-corrected chi connectivity index (χ4v) is 5.79. The molecule has 180 valence electrons. The van der Waals surface area contributed by atoms with E-state index in [-0.39, 0.29) is 22.8 Å². The molecule has 35 heavy (non-hydrogen) atoms. The molecule has 2 aliphatic rings. The number of aromatic nitrogens is 4. The average Bonchev–Trinajstić information content (AvgIpc) is 3.45. The second-order valence-corrected chi connectivity index (χ2v) is 9.48. The second-order valence-electron chi connectivity index (χ2n) is 9.48. The van der Waals surface area contributed by atoms with Crippen molar-refractivity contribution < 1.29 is 13.5 Å². The Balaban J connectivity index is 1.34. The van der Waals surface area contributed by atoms with E-state index in [0.717, 1.165) is 54.9 Å². The molecule has 1 fully saturated rings. The van der Waals surface area contributed by atoms with E-state index in [2.05, 4.69) is 21.0 Å². The minimum absolute atomic E-state index is 0.00243. The van der Waals surface area contributed by atoms with Crippen LogP contribution in [-0.4, -0.2) is 39.8 Å². The van der Waals surface area contributed by atoms with Crippen LogP contribution in [0, 0.1) is 24.0 Å². The van der Waals surface area contributed by atoms with Crippen LogP contribution in [0.2, 0.25) is 0 Å². The van der Waals surface area contributed by atoms with Gasteiger partial charge >= 0.3 is 0 Å². The Labute approximate surface area is 201 Å². The van der Waals surface area contributed by atoms with Crippen molar-refractivity contribution in [2.75, 3.05) is 25.1 Å². The Hall–Kier alpha value is -3.59. The first-order valence-corrected chi connectivity index (χ1v) is 11.7. The lowest BCUT2D eigenvalue weighted by atomic mass is 9.73. The number of hydrogen-bond donors (Lipinski definition) is 1. The zero-order valence-electron chi connectivity index (χ0n) is 19.6. The summed E-state index contributed by atoms with van der Waals surface area (Å²) in [5, 5.41) is 4.44. The molecule has 0 saturated carbocycles. The Morgan fingerprint density at radius 3 is 2.63 bits per heavy atom. The number of nitrogens with zero attached hydrogens (tertiary/aromatic N) is 5. The van der Waals surface area contributed by atoms with Crippen LogP contribution in [0.3, 0.4) is 0 Å². The molecule has 3 aromatic heterocycles. The van der Waals surface area contributed by atoms with Crippen LogP contribution in [0.1, 0.15) is 35.8 Å². The fraction of sp³-hybridized carbons (Fsp3) is 0.346. The molecule has 0 bridgehead atoms. The molecule has 0 amide bonds. The molecule has 1 saturated heterocycles. The topological polar surface area (TPSA) is 81.6 Å². The lowest BCUT2D eigenvalue weighted by Gasteiger charge is -2.42. The van der Waals surface area contributed by atoms with Gasteiger partial charge in [-0.2, -0.15) is 9.49 Å². The van der Waals surface area contributed by atoms with Gasteiger partial charge in [0.1, 0.15) is 5.52 Å². The molecule has 1 aromatic carbocycles. The van der Waals surface area contributed by atoms with E-state index in [0.29, 0.717) is 11.4 Å². The van der Waals surface area contributed by atoms with Crippen molar-refractivity contribution in [3.05, 3.63) is 71.3 Å². The normalized spacial score (nSPS) is 18.9. The van der Waals surface area contributed by atoms with E-state index < -0.39 is 11.6 Å². The molecule has 0 radical (unpaired) electrons. The maximum Gasteiger partial charge on any atom is 0.201 e. The first-order valence-electron chi connectivity index (χ1n) is 11.7. The highest BCUT2D eigenvalue weighted by Gasteiger charge is 2.46. The van der Waals surface area contributed by atoms with E-state index in [1.54, 1.807) is 17.6 Å². The van der Waals surface area contributed by atoms with Gasteiger partial charge in [-0.3, -0.25) is 4.98 Å². The van der Waals surface area contributed by atoms with Crippen LogP contribution >= 0.6 is 0 Å². The molecule has 9 heteroatoms. The number of anilines is 1. The quantitative estimate of drug-likeness (QED) is 0.477. The number of pyridine rings is 1. The average molecular weight is 477 g/mol. The summed E-state index contributed by atoms with van der Waals surface area (Å²) in [5.41, 5.74) is 10.8. The molecular formula is C26H26F2N6O. The molecule has 0 unspecified atom stereocenters. The Kier molecular flexibility index (Phi) is 5.00. The molecule has 7 nitrogen and oxygen atoms in total. The smallest absolute Gasteiger partial charge is 0.201 e. The third-order valence-electron chi connectivity index (χ3n) is 7.72. The molecule has 6 rings (SSSR count). The van der Waals surface area contributed by atoms with Crippen LogP contribution in [-0.2, 0) is 6.42 Å². The predicted molar refractivity (Wildman–Crippen MR) is 128 cm³/mol. The highest BCUT2D eigenvalue weighted by molar-refractivity contribution is 5.76. The first kappa shape index (κ1) is 21.9. The van der Waals surface area contributed by atoms with Gasteiger partial charge in [0.15, 0.2) is 17.4 Å². The third kappa shape index (κ3) is 3.21. The number of halogens is 2. The summed E-state index contributed by atoms with van der Waals surface area (Å²) in [5.74, 6) is -1.37. The van der Waals surface area contributed by atoms with Gasteiger partial charge in [-0.25, -0.2) is 13.9 Å². The molecule has 1 spiro atoms. The number of aryl methyl sites for hydroxylation is 1. The number of piperidine rings is 1.